The third-order valence-electron chi connectivity index (χ3n) is 4.12. The molecule has 0 aliphatic heterocycles. The molecule has 1 amide bonds. The van der Waals surface area contributed by atoms with Gasteiger partial charge in [-0.1, -0.05) is 24.3 Å². The van der Waals surface area contributed by atoms with Crippen molar-refractivity contribution in [3.63, 3.8) is 0 Å². The number of carboxylic acids is 1. The van der Waals surface area contributed by atoms with Crippen LogP contribution in [0.2, 0.25) is 0 Å². The summed E-state index contributed by atoms with van der Waals surface area (Å²) in [5, 5.41) is 16.1. The van der Waals surface area contributed by atoms with Crippen LogP contribution in [0.4, 0.5) is 5.69 Å². The summed E-state index contributed by atoms with van der Waals surface area (Å²) in [6.45, 7) is 0.600. The molecule has 1 aromatic carbocycles. The molecule has 2 atom stereocenters. The van der Waals surface area contributed by atoms with E-state index in [9.17, 15) is 14.7 Å². The number of hydrogen-bond acceptors (Lipinski definition) is 4. The predicted molar refractivity (Wildman–Crippen MR) is 87.2 cm³/mol. The maximum atomic E-state index is 12.4. The standard InChI is InChI=1S/C17H18N4O3/c22-16(14-3-1-2-4-15(14)17(23)24)20-13-7-5-12(6-8-13)9-21-11-18-10-19-21/h1-2,5-8,10-11,14-15H,3-4,9H2,(H,20,22)(H,23,24)/t14-,15-/m0/s1. The van der Waals surface area contributed by atoms with Gasteiger partial charge in [-0.15, -0.1) is 0 Å². The largest absolute Gasteiger partial charge is 0.481 e. The van der Waals surface area contributed by atoms with Gasteiger partial charge in [0, 0.05) is 5.69 Å². The molecule has 0 unspecified atom stereocenters. The van der Waals surface area contributed by atoms with Crippen LogP contribution in [0.5, 0.6) is 0 Å². The van der Waals surface area contributed by atoms with E-state index >= 15 is 0 Å². The first kappa shape index (κ1) is 15.9. The summed E-state index contributed by atoms with van der Waals surface area (Å²) in [7, 11) is 0. The Bertz CT molecular complexity index is 738. The number of aromatic nitrogens is 3. The van der Waals surface area contributed by atoms with Crippen molar-refractivity contribution in [1.29, 1.82) is 0 Å². The van der Waals surface area contributed by atoms with Crippen LogP contribution >= 0.6 is 0 Å². The molecule has 0 saturated carbocycles. The Morgan fingerprint density at radius 2 is 1.88 bits per heavy atom. The van der Waals surface area contributed by atoms with Crippen molar-refractivity contribution in [2.75, 3.05) is 5.32 Å². The Balaban J connectivity index is 1.63. The molecule has 0 spiro atoms. The molecule has 0 radical (unpaired) electrons. The second-order valence-electron chi connectivity index (χ2n) is 5.77. The molecule has 0 bridgehead atoms. The molecule has 1 aliphatic carbocycles. The van der Waals surface area contributed by atoms with Crippen molar-refractivity contribution >= 4 is 17.6 Å². The molecule has 2 aromatic rings. The molecule has 0 fully saturated rings. The quantitative estimate of drug-likeness (QED) is 0.818. The first-order valence-corrected chi connectivity index (χ1v) is 7.73. The van der Waals surface area contributed by atoms with Crippen LogP contribution in [-0.4, -0.2) is 31.7 Å². The molecule has 2 N–H and O–H groups in total. The van der Waals surface area contributed by atoms with Crippen LogP contribution in [0.25, 0.3) is 0 Å². The van der Waals surface area contributed by atoms with Gasteiger partial charge in [0.1, 0.15) is 12.7 Å². The Morgan fingerprint density at radius 3 is 2.50 bits per heavy atom. The highest BCUT2D eigenvalue weighted by molar-refractivity contribution is 5.95. The van der Waals surface area contributed by atoms with E-state index in [0.717, 1.165) is 5.56 Å². The van der Waals surface area contributed by atoms with Crippen molar-refractivity contribution in [3.05, 3.63) is 54.6 Å². The van der Waals surface area contributed by atoms with Gasteiger partial charge in [0.25, 0.3) is 0 Å². The van der Waals surface area contributed by atoms with Crippen LogP contribution in [0, 0.1) is 11.8 Å². The smallest absolute Gasteiger partial charge is 0.307 e. The number of nitrogens with one attached hydrogen (secondary N) is 1. The number of carbonyl (C=O) groups excluding carboxylic acids is 1. The fourth-order valence-corrected chi connectivity index (χ4v) is 2.81. The minimum atomic E-state index is -0.928. The lowest BCUT2D eigenvalue weighted by atomic mass is 9.82. The average Bonchev–Trinajstić information content (AvgIpc) is 3.09. The lowest BCUT2D eigenvalue weighted by Gasteiger charge is -2.24. The molecule has 1 aromatic heterocycles. The number of benzene rings is 1. The zero-order chi connectivity index (χ0) is 16.9. The molecule has 7 heteroatoms. The number of rotatable bonds is 5. The molecule has 24 heavy (non-hydrogen) atoms. The van der Waals surface area contributed by atoms with Crippen molar-refractivity contribution in [3.8, 4) is 0 Å². The zero-order valence-electron chi connectivity index (χ0n) is 13.0. The second kappa shape index (κ2) is 7.08. The number of carboxylic acid groups (broad SMARTS) is 1. The molecule has 7 nitrogen and oxygen atoms in total. The number of anilines is 1. The molecule has 124 valence electrons. The van der Waals surface area contributed by atoms with Crippen LogP contribution in [0.3, 0.4) is 0 Å². The van der Waals surface area contributed by atoms with Gasteiger partial charge in [-0.2, -0.15) is 5.10 Å². The van der Waals surface area contributed by atoms with E-state index in [-0.39, 0.29) is 5.91 Å². The predicted octanol–water partition coefficient (Wildman–Crippen LogP) is 1.93. The Labute approximate surface area is 139 Å². The van der Waals surface area contributed by atoms with Gasteiger partial charge in [0.15, 0.2) is 0 Å². The van der Waals surface area contributed by atoms with E-state index in [1.807, 2.05) is 24.3 Å². The van der Waals surface area contributed by atoms with Crippen molar-refractivity contribution in [2.24, 2.45) is 11.8 Å². The topological polar surface area (TPSA) is 97.1 Å². The van der Waals surface area contributed by atoms with Crippen LogP contribution in [0.1, 0.15) is 18.4 Å². The summed E-state index contributed by atoms with van der Waals surface area (Å²) in [5.74, 6) is -2.39. The number of aliphatic carboxylic acids is 1. The number of nitrogens with zero attached hydrogens (tertiary/aromatic N) is 3. The first-order valence-electron chi connectivity index (χ1n) is 7.73. The van der Waals surface area contributed by atoms with E-state index in [0.29, 0.717) is 25.1 Å². The van der Waals surface area contributed by atoms with Gasteiger partial charge in [-0.25, -0.2) is 9.67 Å². The summed E-state index contributed by atoms with van der Waals surface area (Å²) in [6.07, 6.45) is 7.65. The SMILES string of the molecule is O=C(O)[C@H]1CC=CC[C@@H]1C(=O)Nc1ccc(Cn2cncn2)cc1. The van der Waals surface area contributed by atoms with Gasteiger partial charge in [0.2, 0.25) is 5.91 Å². The molecule has 1 heterocycles. The lowest BCUT2D eigenvalue weighted by molar-refractivity contribution is -0.146. The summed E-state index contributed by atoms with van der Waals surface area (Å²) < 4.78 is 1.71. The fourth-order valence-electron chi connectivity index (χ4n) is 2.81. The molecule has 1 aliphatic rings. The van der Waals surface area contributed by atoms with Gasteiger partial charge in [-0.05, 0) is 30.5 Å². The maximum Gasteiger partial charge on any atom is 0.307 e. The van der Waals surface area contributed by atoms with Crippen molar-refractivity contribution in [1.82, 2.24) is 14.8 Å². The molecular weight excluding hydrogens is 308 g/mol. The van der Waals surface area contributed by atoms with Crippen LogP contribution in [0.15, 0.2) is 49.1 Å². The zero-order valence-corrected chi connectivity index (χ0v) is 13.0. The molecular formula is C17H18N4O3. The van der Waals surface area contributed by atoms with E-state index < -0.39 is 17.8 Å². The molecule has 3 rings (SSSR count). The molecule has 0 saturated heterocycles. The summed E-state index contributed by atoms with van der Waals surface area (Å²) in [5.41, 5.74) is 1.68. The van der Waals surface area contributed by atoms with E-state index in [1.165, 1.54) is 6.33 Å². The third kappa shape index (κ3) is 3.68. The summed E-state index contributed by atoms with van der Waals surface area (Å²) in [4.78, 5) is 27.6. The van der Waals surface area contributed by atoms with Crippen molar-refractivity contribution in [2.45, 2.75) is 19.4 Å². The average molecular weight is 326 g/mol. The van der Waals surface area contributed by atoms with E-state index in [2.05, 4.69) is 15.4 Å². The number of amides is 1. The number of carbonyl (C=O) groups is 2. The lowest BCUT2D eigenvalue weighted by Crippen LogP contribution is -2.34. The Hall–Kier alpha value is -2.96. The van der Waals surface area contributed by atoms with E-state index in [4.69, 9.17) is 0 Å². The Kier molecular flexibility index (Phi) is 4.69. The minimum absolute atomic E-state index is 0.254. The van der Waals surface area contributed by atoms with Crippen molar-refractivity contribution < 1.29 is 14.7 Å². The second-order valence-corrected chi connectivity index (χ2v) is 5.77. The van der Waals surface area contributed by atoms with Crippen LogP contribution in [-0.2, 0) is 16.1 Å². The Morgan fingerprint density at radius 1 is 1.17 bits per heavy atom. The number of hydrogen-bond donors (Lipinski definition) is 2. The number of allylic oxidation sites excluding steroid dienone is 2. The van der Waals surface area contributed by atoms with Gasteiger partial charge < -0.3 is 10.4 Å². The summed E-state index contributed by atoms with van der Waals surface area (Å²) >= 11 is 0. The third-order valence-corrected chi connectivity index (χ3v) is 4.12. The van der Waals surface area contributed by atoms with E-state index in [1.54, 1.807) is 23.1 Å². The van der Waals surface area contributed by atoms with Crippen LogP contribution < -0.4 is 5.32 Å². The highest BCUT2D eigenvalue weighted by atomic mass is 16.4. The monoisotopic (exact) mass is 326 g/mol. The highest BCUT2D eigenvalue weighted by Crippen LogP contribution is 2.27. The summed E-state index contributed by atoms with van der Waals surface area (Å²) in [6, 6.07) is 7.40. The van der Waals surface area contributed by atoms with Gasteiger partial charge in [0.05, 0.1) is 18.4 Å². The normalized spacial score (nSPS) is 19.8. The highest BCUT2D eigenvalue weighted by Gasteiger charge is 2.33. The fraction of sp³-hybridized carbons (Fsp3) is 0.294. The first-order chi connectivity index (χ1) is 11.6. The maximum absolute atomic E-state index is 12.4. The van der Waals surface area contributed by atoms with Gasteiger partial charge in [-0.3, -0.25) is 9.59 Å². The van der Waals surface area contributed by atoms with Gasteiger partial charge >= 0.3 is 5.97 Å². The minimum Gasteiger partial charge on any atom is -0.481 e.